The number of amides is 2. The van der Waals surface area contributed by atoms with Gasteiger partial charge in [0.05, 0.1) is 5.56 Å². The summed E-state index contributed by atoms with van der Waals surface area (Å²) in [5, 5.41) is 3.05. The Morgan fingerprint density at radius 2 is 2.16 bits per heavy atom. The number of carbonyl (C=O) groups excluding carboxylic acids is 2. The number of carbonyl (C=O) groups is 2. The molecule has 2 amide bonds. The lowest BCUT2D eigenvalue weighted by Crippen LogP contribution is -2.51. The zero-order chi connectivity index (χ0) is 13.9. The predicted octanol–water partition coefficient (Wildman–Crippen LogP) is 0.803. The zero-order valence-corrected chi connectivity index (χ0v) is 11.0. The molecule has 6 heteroatoms. The van der Waals surface area contributed by atoms with Gasteiger partial charge in [0.25, 0.3) is 5.91 Å². The summed E-state index contributed by atoms with van der Waals surface area (Å²) in [7, 11) is 0. The van der Waals surface area contributed by atoms with Crippen molar-refractivity contribution in [2.24, 2.45) is 5.73 Å². The molecule has 0 spiro atoms. The van der Waals surface area contributed by atoms with Gasteiger partial charge in [-0.05, 0) is 25.3 Å². The topological polar surface area (TPSA) is 97.2 Å². The molecule has 1 aliphatic rings. The molecule has 4 N–H and O–H groups in total. The average molecular weight is 265 g/mol. The van der Waals surface area contributed by atoms with Gasteiger partial charge in [0.1, 0.15) is 5.69 Å². The van der Waals surface area contributed by atoms with Crippen LogP contribution < -0.4 is 11.1 Å². The maximum atomic E-state index is 12.2. The number of nitrogens with two attached hydrogens (primary N) is 1. The fourth-order valence-corrected chi connectivity index (χ4v) is 2.30. The molecule has 1 saturated heterocycles. The number of nitrogens with one attached hydrogen (secondary N) is 2. The van der Waals surface area contributed by atoms with Crippen molar-refractivity contribution in [1.29, 1.82) is 0 Å². The normalized spacial score (nSPS) is 17.9. The second-order valence-electron chi connectivity index (χ2n) is 4.87. The van der Waals surface area contributed by atoms with E-state index in [2.05, 4.69) is 17.2 Å². The summed E-state index contributed by atoms with van der Waals surface area (Å²) in [5.41, 5.74) is 5.60. The van der Waals surface area contributed by atoms with Crippen LogP contribution in [-0.4, -0.2) is 35.6 Å². The van der Waals surface area contributed by atoms with Crippen molar-refractivity contribution in [2.45, 2.75) is 31.7 Å². The summed E-state index contributed by atoms with van der Waals surface area (Å²) < 4.78 is 5.33. The Labute approximate surface area is 111 Å². The lowest BCUT2D eigenvalue weighted by Gasteiger charge is -2.37. The molecule has 0 bridgehead atoms. The summed E-state index contributed by atoms with van der Waals surface area (Å²) in [6.45, 7) is 3.37. The van der Waals surface area contributed by atoms with E-state index >= 15 is 0 Å². The molecular weight excluding hydrogens is 246 g/mol. The molecule has 0 aliphatic carbocycles. The molecule has 2 rings (SSSR count). The van der Waals surface area contributed by atoms with Gasteiger partial charge in [-0.1, -0.05) is 6.92 Å². The Morgan fingerprint density at radius 3 is 2.68 bits per heavy atom. The highest BCUT2D eigenvalue weighted by molar-refractivity contribution is 5.98. The third-order valence-electron chi connectivity index (χ3n) is 3.72. The molecule has 1 aromatic heterocycles. The van der Waals surface area contributed by atoms with Crippen LogP contribution in [-0.2, 0) is 4.74 Å². The average Bonchev–Trinajstić information content (AvgIpc) is 2.89. The molecule has 1 fully saturated rings. The van der Waals surface area contributed by atoms with Gasteiger partial charge in [0, 0.05) is 24.9 Å². The van der Waals surface area contributed by atoms with Gasteiger partial charge in [-0.15, -0.1) is 0 Å². The number of ether oxygens (including phenoxy) is 1. The van der Waals surface area contributed by atoms with Crippen molar-refractivity contribution in [2.75, 3.05) is 13.2 Å². The van der Waals surface area contributed by atoms with Crippen LogP contribution in [0.1, 0.15) is 47.0 Å². The third kappa shape index (κ3) is 2.96. The van der Waals surface area contributed by atoms with Gasteiger partial charge < -0.3 is 20.8 Å². The lowest BCUT2D eigenvalue weighted by atomic mass is 9.87. The Balaban J connectivity index is 2.08. The fraction of sp³-hybridized carbons (Fsp3) is 0.538. The highest BCUT2D eigenvalue weighted by atomic mass is 16.5. The Morgan fingerprint density at radius 1 is 1.47 bits per heavy atom. The van der Waals surface area contributed by atoms with E-state index in [0.717, 1.165) is 19.3 Å². The van der Waals surface area contributed by atoms with E-state index in [1.807, 2.05) is 0 Å². The van der Waals surface area contributed by atoms with Crippen LogP contribution in [0.3, 0.4) is 0 Å². The van der Waals surface area contributed by atoms with Crippen LogP contribution in [0.25, 0.3) is 0 Å². The number of primary amides is 1. The number of aromatic nitrogens is 1. The summed E-state index contributed by atoms with van der Waals surface area (Å²) in [4.78, 5) is 26.0. The first-order chi connectivity index (χ1) is 9.06. The lowest BCUT2D eigenvalue weighted by molar-refractivity contribution is 0.0344. The maximum Gasteiger partial charge on any atom is 0.268 e. The molecule has 1 aromatic rings. The SMILES string of the molecule is CCC1(NC(=O)c2cc(C(N)=O)c[nH]2)CCOCC1. The van der Waals surface area contributed by atoms with E-state index in [1.165, 1.54) is 12.3 Å². The quantitative estimate of drug-likeness (QED) is 0.751. The standard InChI is InChI=1S/C13H19N3O3/c1-2-13(3-5-19-6-4-13)16-12(18)10-7-9(8-15-10)11(14)17/h7-8,15H,2-6H2,1H3,(H2,14,17)(H,16,18). The first-order valence-corrected chi connectivity index (χ1v) is 6.45. The van der Waals surface area contributed by atoms with Crippen LogP contribution in [0, 0.1) is 0 Å². The highest BCUT2D eigenvalue weighted by Crippen LogP contribution is 2.24. The van der Waals surface area contributed by atoms with Gasteiger partial charge in [-0.3, -0.25) is 9.59 Å². The number of aromatic amines is 1. The van der Waals surface area contributed by atoms with Gasteiger partial charge in [-0.2, -0.15) is 0 Å². The van der Waals surface area contributed by atoms with E-state index in [0.29, 0.717) is 24.5 Å². The predicted molar refractivity (Wildman–Crippen MR) is 69.9 cm³/mol. The van der Waals surface area contributed by atoms with Gasteiger partial charge in [0.15, 0.2) is 0 Å². The zero-order valence-electron chi connectivity index (χ0n) is 11.0. The summed E-state index contributed by atoms with van der Waals surface area (Å²) in [6, 6.07) is 1.47. The summed E-state index contributed by atoms with van der Waals surface area (Å²) >= 11 is 0. The second-order valence-corrected chi connectivity index (χ2v) is 4.87. The fourth-order valence-electron chi connectivity index (χ4n) is 2.30. The molecule has 104 valence electrons. The van der Waals surface area contributed by atoms with E-state index in [-0.39, 0.29) is 11.4 Å². The minimum absolute atomic E-state index is 0.212. The van der Waals surface area contributed by atoms with Crippen molar-refractivity contribution in [3.63, 3.8) is 0 Å². The van der Waals surface area contributed by atoms with Crippen molar-refractivity contribution in [1.82, 2.24) is 10.3 Å². The van der Waals surface area contributed by atoms with Crippen molar-refractivity contribution in [3.05, 3.63) is 23.5 Å². The molecule has 0 atom stereocenters. The number of hydrogen-bond donors (Lipinski definition) is 3. The highest BCUT2D eigenvalue weighted by Gasteiger charge is 2.32. The largest absolute Gasteiger partial charge is 0.381 e. The Hall–Kier alpha value is -1.82. The van der Waals surface area contributed by atoms with Crippen LogP contribution in [0.15, 0.2) is 12.3 Å². The molecule has 0 unspecified atom stereocenters. The van der Waals surface area contributed by atoms with Crippen LogP contribution in [0.5, 0.6) is 0 Å². The monoisotopic (exact) mass is 265 g/mol. The van der Waals surface area contributed by atoms with Crippen molar-refractivity contribution < 1.29 is 14.3 Å². The minimum atomic E-state index is -0.549. The number of hydrogen-bond acceptors (Lipinski definition) is 3. The molecule has 0 aromatic carbocycles. The molecule has 1 aliphatic heterocycles. The van der Waals surface area contributed by atoms with Crippen LogP contribution >= 0.6 is 0 Å². The van der Waals surface area contributed by atoms with Crippen molar-refractivity contribution >= 4 is 11.8 Å². The van der Waals surface area contributed by atoms with Gasteiger partial charge >= 0.3 is 0 Å². The number of rotatable bonds is 4. The third-order valence-corrected chi connectivity index (χ3v) is 3.72. The first kappa shape index (κ1) is 13.6. The summed E-state index contributed by atoms with van der Waals surface area (Å²) in [6.07, 6.45) is 3.91. The minimum Gasteiger partial charge on any atom is -0.381 e. The second kappa shape index (κ2) is 5.44. The Kier molecular flexibility index (Phi) is 3.90. The Bertz CT molecular complexity index is 475. The van der Waals surface area contributed by atoms with Crippen molar-refractivity contribution in [3.8, 4) is 0 Å². The molecule has 0 saturated carbocycles. The maximum absolute atomic E-state index is 12.2. The van der Waals surface area contributed by atoms with E-state index in [1.54, 1.807) is 0 Å². The van der Waals surface area contributed by atoms with Gasteiger partial charge in [0.2, 0.25) is 5.91 Å². The smallest absolute Gasteiger partial charge is 0.268 e. The molecule has 6 nitrogen and oxygen atoms in total. The van der Waals surface area contributed by atoms with Crippen LogP contribution in [0.4, 0.5) is 0 Å². The first-order valence-electron chi connectivity index (χ1n) is 6.45. The molecular formula is C13H19N3O3. The molecule has 0 radical (unpaired) electrons. The van der Waals surface area contributed by atoms with E-state index in [4.69, 9.17) is 10.5 Å². The van der Waals surface area contributed by atoms with Gasteiger partial charge in [-0.25, -0.2) is 0 Å². The van der Waals surface area contributed by atoms with Crippen LogP contribution in [0.2, 0.25) is 0 Å². The van der Waals surface area contributed by atoms with E-state index < -0.39 is 5.91 Å². The molecule has 2 heterocycles. The molecule has 19 heavy (non-hydrogen) atoms. The summed E-state index contributed by atoms with van der Waals surface area (Å²) in [5.74, 6) is -0.761. The number of H-pyrrole nitrogens is 1. The van der Waals surface area contributed by atoms with E-state index in [9.17, 15) is 9.59 Å².